The number of benzene rings is 1. The maximum atomic E-state index is 5.99. The van der Waals surface area contributed by atoms with E-state index in [9.17, 15) is 0 Å². The van der Waals surface area contributed by atoms with Gasteiger partial charge in [0.25, 0.3) is 0 Å². The first-order chi connectivity index (χ1) is 11.9. The molecule has 1 aliphatic heterocycles. The number of imidazole rings is 1. The number of nitrogens with zero attached hydrogens (tertiary/aromatic N) is 3. The fourth-order valence-electron chi connectivity index (χ4n) is 3.53. The molecule has 0 amide bonds. The van der Waals surface area contributed by atoms with E-state index < -0.39 is 0 Å². The van der Waals surface area contributed by atoms with Crippen LogP contribution in [0.3, 0.4) is 0 Å². The highest BCUT2D eigenvalue weighted by atomic mass is 16.5. The Morgan fingerprint density at radius 1 is 1.04 bits per heavy atom. The van der Waals surface area contributed by atoms with Crippen LogP contribution in [0.2, 0.25) is 0 Å². The van der Waals surface area contributed by atoms with E-state index >= 15 is 0 Å². The first-order valence-corrected chi connectivity index (χ1v) is 9.20. The molecule has 1 unspecified atom stereocenters. The molecule has 4 heteroatoms. The first kappa shape index (κ1) is 15.9. The van der Waals surface area contributed by atoms with E-state index in [1.807, 2.05) is 12.5 Å². The van der Waals surface area contributed by atoms with Crippen LogP contribution in [0, 0.1) is 11.8 Å². The number of hydrogen-bond donors (Lipinski definition) is 0. The van der Waals surface area contributed by atoms with Gasteiger partial charge in [0.05, 0.1) is 18.6 Å². The number of rotatable bonds is 7. The van der Waals surface area contributed by atoms with Crippen molar-refractivity contribution in [2.75, 3.05) is 26.3 Å². The van der Waals surface area contributed by atoms with Crippen molar-refractivity contribution in [3.63, 3.8) is 0 Å². The minimum Gasteiger partial charge on any atom is -0.381 e. The minimum absolute atomic E-state index is 0.551. The van der Waals surface area contributed by atoms with Gasteiger partial charge < -0.3 is 9.30 Å². The van der Waals surface area contributed by atoms with Gasteiger partial charge in [-0.2, -0.15) is 0 Å². The van der Waals surface area contributed by atoms with Crippen molar-refractivity contribution in [2.24, 2.45) is 11.8 Å². The molecule has 0 bridgehead atoms. The summed E-state index contributed by atoms with van der Waals surface area (Å²) in [6.07, 6.45) is 7.82. The van der Waals surface area contributed by atoms with Crippen molar-refractivity contribution in [3.8, 4) is 0 Å². The predicted octanol–water partition coefficient (Wildman–Crippen LogP) is 2.98. The third-order valence-corrected chi connectivity index (χ3v) is 5.12. The normalized spacial score (nSPS) is 21.4. The van der Waals surface area contributed by atoms with Gasteiger partial charge in [-0.05, 0) is 30.7 Å². The molecule has 128 valence electrons. The third kappa shape index (κ3) is 4.25. The monoisotopic (exact) mass is 325 g/mol. The van der Waals surface area contributed by atoms with Crippen molar-refractivity contribution in [1.29, 1.82) is 0 Å². The molecule has 0 spiro atoms. The molecule has 2 aliphatic rings. The molecule has 1 atom stereocenters. The van der Waals surface area contributed by atoms with Gasteiger partial charge in [0.2, 0.25) is 0 Å². The van der Waals surface area contributed by atoms with Crippen LogP contribution in [0.1, 0.15) is 24.1 Å². The molecule has 4 nitrogen and oxygen atoms in total. The lowest BCUT2D eigenvalue weighted by Gasteiger charge is -2.24. The summed E-state index contributed by atoms with van der Waals surface area (Å²) in [5.41, 5.74) is 2.74. The summed E-state index contributed by atoms with van der Waals surface area (Å²) in [4.78, 5) is 6.91. The molecule has 0 N–H and O–H groups in total. The zero-order valence-corrected chi connectivity index (χ0v) is 14.3. The lowest BCUT2D eigenvalue weighted by atomic mass is 10.1. The number of hydrogen-bond acceptors (Lipinski definition) is 3. The van der Waals surface area contributed by atoms with Crippen LogP contribution in [0.4, 0.5) is 0 Å². The van der Waals surface area contributed by atoms with E-state index in [2.05, 4.69) is 44.8 Å². The Morgan fingerprint density at radius 3 is 2.71 bits per heavy atom. The molecule has 2 heterocycles. The second-order valence-corrected chi connectivity index (χ2v) is 7.35. The number of ether oxygens (including phenoxy) is 1. The highest BCUT2D eigenvalue weighted by Crippen LogP contribution is 2.29. The molecule has 2 aromatic rings. The predicted molar refractivity (Wildman–Crippen MR) is 94.7 cm³/mol. The van der Waals surface area contributed by atoms with Crippen LogP contribution in [0.15, 0.2) is 42.9 Å². The Hall–Kier alpha value is -1.65. The fraction of sp³-hybridized carbons (Fsp3) is 0.550. The Labute approximate surface area is 144 Å². The van der Waals surface area contributed by atoms with Gasteiger partial charge in [-0.1, -0.05) is 30.3 Å². The Kier molecular flexibility index (Phi) is 4.95. The van der Waals surface area contributed by atoms with E-state index in [-0.39, 0.29) is 0 Å². The lowest BCUT2D eigenvalue weighted by Crippen LogP contribution is -2.32. The summed E-state index contributed by atoms with van der Waals surface area (Å²) in [6.45, 7) is 6.05. The van der Waals surface area contributed by atoms with Crippen molar-refractivity contribution < 1.29 is 4.74 Å². The molecule has 1 aromatic carbocycles. The summed E-state index contributed by atoms with van der Waals surface area (Å²) in [7, 11) is 0. The second kappa shape index (κ2) is 7.49. The van der Waals surface area contributed by atoms with Crippen LogP contribution in [0.5, 0.6) is 0 Å². The summed E-state index contributed by atoms with van der Waals surface area (Å²) in [5, 5.41) is 0. The number of aromatic nitrogens is 2. The molecule has 1 aliphatic carbocycles. The van der Waals surface area contributed by atoms with Gasteiger partial charge in [-0.15, -0.1) is 0 Å². The van der Waals surface area contributed by atoms with Crippen LogP contribution >= 0.6 is 0 Å². The van der Waals surface area contributed by atoms with Gasteiger partial charge in [-0.25, -0.2) is 4.98 Å². The molecule has 1 fully saturated rings. The average molecular weight is 325 g/mol. The van der Waals surface area contributed by atoms with Crippen molar-refractivity contribution in [3.05, 3.63) is 54.1 Å². The summed E-state index contributed by atoms with van der Waals surface area (Å²) in [5.74, 6) is 1.39. The topological polar surface area (TPSA) is 30.3 Å². The summed E-state index contributed by atoms with van der Waals surface area (Å²) < 4.78 is 8.31. The van der Waals surface area contributed by atoms with Crippen molar-refractivity contribution in [2.45, 2.75) is 32.4 Å². The summed E-state index contributed by atoms with van der Waals surface area (Å²) in [6, 6.07) is 10.8. The smallest absolute Gasteiger partial charge is 0.0948 e. The van der Waals surface area contributed by atoms with Crippen LogP contribution < -0.4 is 0 Å². The average Bonchev–Trinajstić information content (AvgIpc) is 3.36. The molecular weight excluding hydrogens is 298 g/mol. The van der Waals surface area contributed by atoms with E-state index in [0.29, 0.717) is 5.92 Å². The van der Waals surface area contributed by atoms with Gasteiger partial charge in [-0.3, -0.25) is 4.90 Å². The molecular formula is C20H27N3O. The van der Waals surface area contributed by atoms with Gasteiger partial charge >= 0.3 is 0 Å². The molecule has 4 rings (SSSR count). The number of fused-ring (bicyclic) bond motifs is 1. The molecule has 0 saturated heterocycles. The highest BCUT2D eigenvalue weighted by Gasteiger charge is 2.24. The first-order valence-electron chi connectivity index (χ1n) is 9.20. The second-order valence-electron chi connectivity index (χ2n) is 7.35. The highest BCUT2D eigenvalue weighted by molar-refractivity contribution is 5.15. The fourth-order valence-corrected chi connectivity index (χ4v) is 3.53. The third-order valence-electron chi connectivity index (χ3n) is 5.12. The molecule has 24 heavy (non-hydrogen) atoms. The molecule has 1 aromatic heterocycles. The largest absolute Gasteiger partial charge is 0.381 e. The Balaban J connectivity index is 1.36. The minimum atomic E-state index is 0.551. The maximum Gasteiger partial charge on any atom is 0.0948 e. The van der Waals surface area contributed by atoms with Crippen molar-refractivity contribution in [1.82, 2.24) is 14.5 Å². The standard InChI is InChI=1S/C20H27N3O/c1-2-4-17(5-3-1)8-9-22-11-19(15-24-14-18-6-7-18)12-23-16-21-10-20(23)13-22/h1-5,10,16,18-19H,6-9,11-15H2. The van der Waals surface area contributed by atoms with Gasteiger partial charge in [0.1, 0.15) is 0 Å². The van der Waals surface area contributed by atoms with Gasteiger partial charge in [0.15, 0.2) is 0 Å². The van der Waals surface area contributed by atoms with E-state index in [1.54, 1.807) is 0 Å². The SMILES string of the molecule is c1ccc(CCN2Cc3cncn3CC(COCC3CC3)C2)cc1. The van der Waals surface area contributed by atoms with Crippen LogP contribution in [0.25, 0.3) is 0 Å². The van der Waals surface area contributed by atoms with E-state index in [1.165, 1.54) is 24.1 Å². The molecule has 0 radical (unpaired) electrons. The Morgan fingerprint density at radius 2 is 1.88 bits per heavy atom. The van der Waals surface area contributed by atoms with E-state index in [0.717, 1.165) is 51.7 Å². The van der Waals surface area contributed by atoms with Crippen LogP contribution in [-0.2, 0) is 24.2 Å². The lowest BCUT2D eigenvalue weighted by molar-refractivity contribution is 0.0719. The Bertz CT molecular complexity index is 635. The zero-order valence-electron chi connectivity index (χ0n) is 14.3. The van der Waals surface area contributed by atoms with E-state index in [4.69, 9.17) is 4.74 Å². The quantitative estimate of drug-likeness (QED) is 0.784. The van der Waals surface area contributed by atoms with Gasteiger partial charge in [0, 0.05) is 44.9 Å². The maximum absolute atomic E-state index is 5.99. The van der Waals surface area contributed by atoms with Crippen LogP contribution in [-0.4, -0.2) is 40.8 Å². The zero-order chi connectivity index (χ0) is 16.2. The molecule has 1 saturated carbocycles. The summed E-state index contributed by atoms with van der Waals surface area (Å²) >= 11 is 0. The van der Waals surface area contributed by atoms with Crippen molar-refractivity contribution >= 4 is 0 Å².